The van der Waals surface area contributed by atoms with E-state index in [0.29, 0.717) is 0 Å². The lowest BCUT2D eigenvalue weighted by molar-refractivity contribution is 0.500. The second-order valence-corrected chi connectivity index (χ2v) is 3.55. The Morgan fingerprint density at radius 1 is 1.43 bits per heavy atom. The highest BCUT2D eigenvalue weighted by Crippen LogP contribution is 1.82. The summed E-state index contributed by atoms with van der Waals surface area (Å²) in [6.45, 7) is 6.15. The van der Waals surface area contributed by atoms with Crippen molar-refractivity contribution in [3.05, 3.63) is 12.3 Å². The zero-order valence-electron chi connectivity index (χ0n) is 5.06. The Bertz CT molecular complexity index is 59.1. The van der Waals surface area contributed by atoms with Crippen molar-refractivity contribution in [3.63, 3.8) is 0 Å². The van der Waals surface area contributed by atoms with Gasteiger partial charge in [-0.2, -0.15) is 0 Å². The molecule has 0 bridgehead atoms. The maximum Gasteiger partial charge on any atom is 0.273 e. The number of hydrogen-bond acceptors (Lipinski definition) is 1. The van der Waals surface area contributed by atoms with Gasteiger partial charge in [0, 0.05) is 0 Å². The maximum atomic E-state index is 5.11. The molecule has 0 aliphatic carbocycles. The average molecular weight is 115 g/mol. The van der Waals surface area contributed by atoms with Crippen LogP contribution in [0.15, 0.2) is 12.3 Å². The first-order valence-electron chi connectivity index (χ1n) is 2.35. The molecule has 0 unspecified atom stereocenters. The molecule has 1 radical (unpaired) electrons. The summed E-state index contributed by atoms with van der Waals surface area (Å²) < 4.78 is 5.11. The van der Waals surface area contributed by atoms with Gasteiger partial charge in [-0.1, -0.05) is 6.08 Å². The summed E-state index contributed by atoms with van der Waals surface area (Å²) in [6.07, 6.45) is 3.64. The average Bonchev–Trinajstić information content (AvgIpc) is 1.61. The van der Waals surface area contributed by atoms with E-state index in [-0.39, 0.29) is 0 Å². The number of rotatable bonds is 2. The first kappa shape index (κ1) is 6.76. The van der Waals surface area contributed by atoms with Gasteiger partial charge in [-0.15, -0.1) is 0 Å². The smallest absolute Gasteiger partial charge is 0.273 e. The molecule has 0 atom stereocenters. The standard InChI is InChI=1S/C5H11OSi/c1-4-5-6-7(2)3/h4-5H,1-3H3/b5-4-. The van der Waals surface area contributed by atoms with Crippen LogP contribution in [0.3, 0.4) is 0 Å². The third kappa shape index (κ3) is 5.76. The molecule has 7 heavy (non-hydrogen) atoms. The van der Waals surface area contributed by atoms with Crippen LogP contribution in [0.1, 0.15) is 6.92 Å². The number of hydrogen-bond donors (Lipinski definition) is 0. The van der Waals surface area contributed by atoms with Crippen molar-refractivity contribution >= 4 is 9.04 Å². The second kappa shape index (κ2) is 3.93. The number of allylic oxidation sites excluding steroid dienone is 1. The monoisotopic (exact) mass is 115 g/mol. The Morgan fingerprint density at radius 3 is 2.14 bits per heavy atom. The van der Waals surface area contributed by atoms with E-state index in [4.69, 9.17) is 4.43 Å². The van der Waals surface area contributed by atoms with E-state index in [0.717, 1.165) is 0 Å². The minimum absolute atomic E-state index is 0.484. The van der Waals surface area contributed by atoms with E-state index in [2.05, 4.69) is 13.1 Å². The molecule has 0 rings (SSSR count). The van der Waals surface area contributed by atoms with Crippen LogP contribution in [0.2, 0.25) is 13.1 Å². The fourth-order valence-corrected chi connectivity index (χ4v) is 0.612. The fourth-order valence-electron chi connectivity index (χ4n) is 0.204. The predicted molar refractivity (Wildman–Crippen MR) is 33.4 cm³/mol. The normalized spacial score (nSPS) is 10.9. The van der Waals surface area contributed by atoms with Crippen LogP contribution in [0.25, 0.3) is 0 Å². The molecule has 0 fully saturated rings. The third-order valence-electron chi connectivity index (χ3n) is 0.440. The largest absolute Gasteiger partial charge is 0.548 e. The van der Waals surface area contributed by atoms with Gasteiger partial charge in [0.25, 0.3) is 9.04 Å². The van der Waals surface area contributed by atoms with Crippen LogP contribution in [-0.2, 0) is 4.43 Å². The summed E-state index contributed by atoms with van der Waals surface area (Å²) >= 11 is 0. The van der Waals surface area contributed by atoms with E-state index in [1.54, 1.807) is 6.26 Å². The molecular weight excluding hydrogens is 104 g/mol. The molecule has 2 heteroatoms. The fraction of sp³-hybridized carbons (Fsp3) is 0.600. The summed E-state index contributed by atoms with van der Waals surface area (Å²) in [5, 5.41) is 0. The molecule has 0 heterocycles. The Kier molecular flexibility index (Phi) is 3.79. The van der Waals surface area contributed by atoms with Crippen LogP contribution in [0.4, 0.5) is 0 Å². The molecule has 0 aliphatic rings. The highest BCUT2D eigenvalue weighted by Gasteiger charge is 1.89. The molecule has 0 spiro atoms. The Morgan fingerprint density at radius 2 is 2.00 bits per heavy atom. The van der Waals surface area contributed by atoms with Gasteiger partial charge in [-0.25, -0.2) is 0 Å². The molecule has 0 aliphatic heterocycles. The summed E-state index contributed by atoms with van der Waals surface area (Å²) in [6, 6.07) is 0. The van der Waals surface area contributed by atoms with Crippen molar-refractivity contribution in [2.75, 3.05) is 0 Å². The lowest BCUT2D eigenvalue weighted by Gasteiger charge is -1.97. The molecule has 0 aromatic carbocycles. The highest BCUT2D eigenvalue weighted by atomic mass is 28.3. The van der Waals surface area contributed by atoms with Gasteiger partial charge in [0.15, 0.2) is 0 Å². The van der Waals surface area contributed by atoms with Gasteiger partial charge in [0.2, 0.25) is 0 Å². The van der Waals surface area contributed by atoms with Crippen molar-refractivity contribution in [1.29, 1.82) is 0 Å². The Hall–Kier alpha value is -0.243. The second-order valence-electron chi connectivity index (χ2n) is 1.50. The molecule has 0 saturated carbocycles. The van der Waals surface area contributed by atoms with Crippen LogP contribution in [0.5, 0.6) is 0 Å². The first-order valence-corrected chi connectivity index (χ1v) is 4.76. The predicted octanol–water partition coefficient (Wildman–Crippen LogP) is 1.79. The van der Waals surface area contributed by atoms with Gasteiger partial charge in [-0.3, -0.25) is 0 Å². The molecule has 0 amide bonds. The zero-order chi connectivity index (χ0) is 5.70. The van der Waals surface area contributed by atoms with Crippen molar-refractivity contribution in [3.8, 4) is 0 Å². The summed E-state index contributed by atoms with van der Waals surface area (Å²) in [5.41, 5.74) is 0. The SMILES string of the molecule is C/C=C\O[Si](C)C. The van der Waals surface area contributed by atoms with Crippen molar-refractivity contribution in [1.82, 2.24) is 0 Å². The summed E-state index contributed by atoms with van der Waals surface area (Å²) in [4.78, 5) is 0. The molecule has 1 nitrogen and oxygen atoms in total. The highest BCUT2D eigenvalue weighted by molar-refractivity contribution is 6.48. The summed E-state index contributed by atoms with van der Waals surface area (Å²) in [7, 11) is -0.484. The van der Waals surface area contributed by atoms with Gasteiger partial charge >= 0.3 is 0 Å². The molecule has 0 aromatic heterocycles. The van der Waals surface area contributed by atoms with Gasteiger partial charge in [0.05, 0.1) is 6.26 Å². The van der Waals surface area contributed by atoms with Gasteiger partial charge in [0.1, 0.15) is 0 Å². The van der Waals surface area contributed by atoms with Crippen LogP contribution in [0, 0.1) is 0 Å². The molecule has 0 saturated heterocycles. The van der Waals surface area contributed by atoms with E-state index in [9.17, 15) is 0 Å². The Labute approximate surface area is 46.7 Å². The minimum Gasteiger partial charge on any atom is -0.548 e. The lowest BCUT2D eigenvalue weighted by Crippen LogP contribution is -2.00. The molecular formula is C5H11OSi. The molecule has 0 aromatic rings. The topological polar surface area (TPSA) is 9.23 Å². The van der Waals surface area contributed by atoms with Crippen LogP contribution < -0.4 is 0 Å². The molecule has 0 N–H and O–H groups in total. The Balaban J connectivity index is 2.97. The van der Waals surface area contributed by atoms with Crippen LogP contribution >= 0.6 is 0 Å². The quantitative estimate of drug-likeness (QED) is 0.394. The van der Waals surface area contributed by atoms with Crippen molar-refractivity contribution < 1.29 is 4.43 Å². The van der Waals surface area contributed by atoms with Crippen molar-refractivity contribution in [2.45, 2.75) is 20.0 Å². The molecule has 41 valence electrons. The van der Waals surface area contributed by atoms with Gasteiger partial charge < -0.3 is 4.43 Å². The van der Waals surface area contributed by atoms with Crippen LogP contribution in [-0.4, -0.2) is 9.04 Å². The van der Waals surface area contributed by atoms with E-state index in [1.165, 1.54) is 0 Å². The summed E-state index contributed by atoms with van der Waals surface area (Å²) in [5.74, 6) is 0. The minimum atomic E-state index is -0.484. The van der Waals surface area contributed by atoms with Gasteiger partial charge in [-0.05, 0) is 20.0 Å². The third-order valence-corrected chi connectivity index (χ3v) is 1.05. The zero-order valence-corrected chi connectivity index (χ0v) is 6.06. The van der Waals surface area contributed by atoms with Crippen molar-refractivity contribution in [2.24, 2.45) is 0 Å². The first-order chi connectivity index (χ1) is 3.27. The van der Waals surface area contributed by atoms with E-state index >= 15 is 0 Å². The maximum absolute atomic E-state index is 5.11. The van der Waals surface area contributed by atoms with E-state index in [1.807, 2.05) is 13.0 Å². The lowest BCUT2D eigenvalue weighted by atomic mass is 10.8. The van der Waals surface area contributed by atoms with E-state index < -0.39 is 9.04 Å².